The molecule has 1 amide bonds. The van der Waals surface area contributed by atoms with E-state index >= 15 is 0 Å². The Labute approximate surface area is 167 Å². The number of hydrogen-bond donors (Lipinski definition) is 0. The van der Waals surface area contributed by atoms with Crippen molar-refractivity contribution in [3.8, 4) is 0 Å². The van der Waals surface area contributed by atoms with Crippen LogP contribution in [0.5, 0.6) is 0 Å². The van der Waals surface area contributed by atoms with Gasteiger partial charge in [0.2, 0.25) is 15.9 Å². The largest absolute Gasteiger partial charge is 0.347 e. The van der Waals surface area contributed by atoms with E-state index in [1.165, 1.54) is 34.0 Å². The number of benzene rings is 1. The third-order valence-electron chi connectivity index (χ3n) is 5.40. The highest BCUT2D eigenvalue weighted by Crippen LogP contribution is 2.32. The fourth-order valence-corrected chi connectivity index (χ4v) is 5.72. The number of halogens is 1. The fraction of sp³-hybridized carbons (Fsp3) is 0.556. The summed E-state index contributed by atoms with van der Waals surface area (Å²) in [5.74, 6) is -0.310. The summed E-state index contributed by atoms with van der Waals surface area (Å²) in [6.45, 7) is 2.99. The first-order chi connectivity index (χ1) is 13.3. The van der Waals surface area contributed by atoms with Crippen LogP contribution in [0.3, 0.4) is 0 Å². The number of hydrogen-bond acceptors (Lipinski definition) is 6. The van der Waals surface area contributed by atoms with E-state index in [-0.39, 0.29) is 17.6 Å². The predicted octanol–water partition coefficient (Wildman–Crippen LogP) is 1.76. The van der Waals surface area contributed by atoms with E-state index in [2.05, 4.69) is 9.88 Å². The van der Waals surface area contributed by atoms with Crippen LogP contribution in [0, 0.1) is 11.7 Å². The average Bonchev–Trinajstić information content (AvgIpc) is 3.10. The molecule has 0 radical (unpaired) electrons. The van der Waals surface area contributed by atoms with E-state index in [1.54, 1.807) is 11.0 Å². The number of piperidine rings is 1. The molecule has 4 rings (SSSR count). The summed E-state index contributed by atoms with van der Waals surface area (Å²) < 4.78 is 39.0. The lowest BCUT2D eigenvalue weighted by Crippen LogP contribution is -2.53. The van der Waals surface area contributed by atoms with Crippen LogP contribution in [-0.4, -0.2) is 74.0 Å². The first-order valence-corrected chi connectivity index (χ1v) is 12.0. The third-order valence-corrected chi connectivity index (χ3v) is 7.78. The van der Waals surface area contributed by atoms with E-state index in [4.69, 9.17) is 0 Å². The molecular weight excluding hydrogens is 403 g/mol. The molecular formula is C18H23FN4O3S2. The summed E-state index contributed by atoms with van der Waals surface area (Å²) in [6, 6.07) is 4.58. The number of amides is 1. The van der Waals surface area contributed by atoms with E-state index in [1.807, 2.05) is 0 Å². The van der Waals surface area contributed by atoms with Crippen molar-refractivity contribution in [2.75, 3.05) is 50.4 Å². The molecule has 0 N–H and O–H groups in total. The molecule has 2 aromatic rings. The maximum Gasteiger partial charge on any atom is 0.227 e. The zero-order chi connectivity index (χ0) is 19.9. The number of sulfonamides is 1. The minimum Gasteiger partial charge on any atom is -0.347 e. The summed E-state index contributed by atoms with van der Waals surface area (Å²) in [5.41, 5.74) is 0.770. The van der Waals surface area contributed by atoms with Crippen LogP contribution < -0.4 is 4.90 Å². The van der Waals surface area contributed by atoms with Crippen LogP contribution in [0.15, 0.2) is 18.2 Å². The van der Waals surface area contributed by atoms with Crippen LogP contribution in [0.1, 0.15) is 12.8 Å². The lowest BCUT2D eigenvalue weighted by molar-refractivity contribution is -0.137. The third kappa shape index (κ3) is 3.99. The molecule has 1 aromatic heterocycles. The summed E-state index contributed by atoms with van der Waals surface area (Å²) in [5, 5.41) is 0.819. The summed E-state index contributed by atoms with van der Waals surface area (Å²) in [4.78, 5) is 21.5. The minimum absolute atomic E-state index is 0.0880. The number of thiazole rings is 1. The fourth-order valence-electron chi connectivity index (χ4n) is 3.87. The second-order valence-corrected chi connectivity index (χ2v) is 10.4. The second-order valence-electron chi connectivity index (χ2n) is 7.38. The molecule has 0 bridgehead atoms. The number of carbonyl (C=O) groups excluding carboxylic acids is 1. The molecule has 2 fully saturated rings. The van der Waals surface area contributed by atoms with Crippen molar-refractivity contribution >= 4 is 42.6 Å². The molecule has 0 spiro atoms. The standard InChI is InChI=1S/C18H23FN4O3S2/c1-28(25,26)23-9-7-21(8-10-23)17(24)13-3-2-6-22(12-13)18-20-15-5-4-14(19)11-16(15)27-18/h4-5,11,13H,2-3,6-10,12H2,1H3. The van der Waals surface area contributed by atoms with Crippen LogP contribution in [0.4, 0.5) is 9.52 Å². The molecule has 3 heterocycles. The maximum atomic E-state index is 13.4. The van der Waals surface area contributed by atoms with Gasteiger partial charge in [-0.2, -0.15) is 4.31 Å². The zero-order valence-corrected chi connectivity index (χ0v) is 17.3. The van der Waals surface area contributed by atoms with Crippen molar-refractivity contribution < 1.29 is 17.6 Å². The molecule has 1 unspecified atom stereocenters. The average molecular weight is 427 g/mol. The van der Waals surface area contributed by atoms with Gasteiger partial charge in [0.25, 0.3) is 0 Å². The Morgan fingerprint density at radius 1 is 1.21 bits per heavy atom. The van der Waals surface area contributed by atoms with Gasteiger partial charge in [0, 0.05) is 39.3 Å². The highest BCUT2D eigenvalue weighted by molar-refractivity contribution is 7.88. The summed E-state index contributed by atoms with van der Waals surface area (Å²) in [7, 11) is -3.21. The molecule has 1 aromatic carbocycles. The highest BCUT2D eigenvalue weighted by Gasteiger charge is 2.33. The zero-order valence-electron chi connectivity index (χ0n) is 15.7. The van der Waals surface area contributed by atoms with Gasteiger partial charge in [-0.25, -0.2) is 17.8 Å². The van der Waals surface area contributed by atoms with Crippen molar-refractivity contribution in [1.82, 2.24) is 14.2 Å². The molecule has 152 valence electrons. The normalized spacial score (nSPS) is 22.0. The number of rotatable bonds is 3. The van der Waals surface area contributed by atoms with Crippen LogP contribution in [0.25, 0.3) is 10.2 Å². The van der Waals surface area contributed by atoms with Gasteiger partial charge in [-0.15, -0.1) is 0 Å². The first-order valence-electron chi connectivity index (χ1n) is 9.36. The van der Waals surface area contributed by atoms with Gasteiger partial charge in [0.05, 0.1) is 22.4 Å². The Bertz CT molecular complexity index is 986. The SMILES string of the molecule is CS(=O)(=O)N1CCN(C(=O)C2CCCN(c3nc4ccc(F)cc4s3)C2)CC1. The number of fused-ring (bicyclic) bond motifs is 1. The lowest BCUT2D eigenvalue weighted by atomic mass is 9.96. The van der Waals surface area contributed by atoms with Gasteiger partial charge in [0.1, 0.15) is 5.82 Å². The Morgan fingerprint density at radius 2 is 1.96 bits per heavy atom. The van der Waals surface area contributed by atoms with Gasteiger partial charge in [-0.05, 0) is 31.0 Å². The summed E-state index contributed by atoms with van der Waals surface area (Å²) in [6.07, 6.45) is 2.92. The smallest absolute Gasteiger partial charge is 0.227 e. The first kappa shape index (κ1) is 19.5. The number of carbonyl (C=O) groups is 1. The van der Waals surface area contributed by atoms with Gasteiger partial charge < -0.3 is 9.80 Å². The Balaban J connectivity index is 1.42. The topological polar surface area (TPSA) is 73.8 Å². The van der Waals surface area contributed by atoms with Gasteiger partial charge in [-0.3, -0.25) is 4.79 Å². The van der Waals surface area contributed by atoms with E-state index in [0.29, 0.717) is 32.7 Å². The quantitative estimate of drug-likeness (QED) is 0.748. The van der Waals surface area contributed by atoms with Crippen LogP contribution in [-0.2, 0) is 14.8 Å². The number of aromatic nitrogens is 1. The lowest BCUT2D eigenvalue weighted by Gasteiger charge is -2.38. The number of anilines is 1. The van der Waals surface area contributed by atoms with Crippen molar-refractivity contribution in [1.29, 1.82) is 0 Å². The van der Waals surface area contributed by atoms with Crippen LogP contribution >= 0.6 is 11.3 Å². The van der Waals surface area contributed by atoms with E-state index in [0.717, 1.165) is 34.7 Å². The van der Waals surface area contributed by atoms with Crippen molar-refractivity contribution in [2.45, 2.75) is 12.8 Å². The predicted molar refractivity (Wildman–Crippen MR) is 108 cm³/mol. The minimum atomic E-state index is -3.21. The summed E-state index contributed by atoms with van der Waals surface area (Å²) >= 11 is 1.45. The molecule has 28 heavy (non-hydrogen) atoms. The molecule has 7 nitrogen and oxygen atoms in total. The monoisotopic (exact) mass is 426 g/mol. The molecule has 1 atom stereocenters. The van der Waals surface area contributed by atoms with Crippen molar-refractivity contribution in [2.24, 2.45) is 5.92 Å². The molecule has 0 aliphatic carbocycles. The Kier molecular flexibility index (Phi) is 5.28. The van der Waals surface area contributed by atoms with Gasteiger partial charge in [-0.1, -0.05) is 11.3 Å². The van der Waals surface area contributed by atoms with Crippen molar-refractivity contribution in [3.05, 3.63) is 24.0 Å². The molecule has 2 saturated heterocycles. The molecule has 2 aliphatic rings. The highest BCUT2D eigenvalue weighted by atomic mass is 32.2. The molecule has 2 aliphatic heterocycles. The number of piperazine rings is 1. The van der Waals surface area contributed by atoms with Crippen LogP contribution in [0.2, 0.25) is 0 Å². The molecule has 0 saturated carbocycles. The van der Waals surface area contributed by atoms with Gasteiger partial charge in [0.15, 0.2) is 5.13 Å². The maximum absolute atomic E-state index is 13.4. The van der Waals surface area contributed by atoms with Gasteiger partial charge >= 0.3 is 0 Å². The Hall–Kier alpha value is -1.78. The number of nitrogens with zero attached hydrogens (tertiary/aromatic N) is 4. The van der Waals surface area contributed by atoms with Crippen molar-refractivity contribution in [3.63, 3.8) is 0 Å². The molecule has 10 heteroatoms. The van der Waals surface area contributed by atoms with E-state index < -0.39 is 10.0 Å². The van der Waals surface area contributed by atoms with E-state index in [9.17, 15) is 17.6 Å². The Morgan fingerprint density at radius 3 is 2.68 bits per heavy atom. The second kappa shape index (κ2) is 7.57.